The first-order valence-electron chi connectivity index (χ1n) is 7.41. The molecule has 0 unspecified atom stereocenters. The molecule has 122 valence electrons. The molecule has 1 aromatic rings. The van der Waals surface area contributed by atoms with Crippen molar-refractivity contribution in [1.29, 1.82) is 0 Å². The van der Waals surface area contributed by atoms with Crippen molar-refractivity contribution in [2.45, 2.75) is 12.8 Å². The molecule has 2 heterocycles. The SMILES string of the molecule is COc1ccc(OCC(=O)N2CC[C@]3(CC(=O)NC3=O)C2)cc1. The van der Waals surface area contributed by atoms with E-state index in [2.05, 4.69) is 5.32 Å². The van der Waals surface area contributed by atoms with Gasteiger partial charge in [0.15, 0.2) is 6.61 Å². The predicted octanol–water partition coefficient (Wildman–Crippen LogP) is 0.339. The number of likely N-dealkylation sites (tertiary alicyclic amines) is 1. The van der Waals surface area contributed by atoms with Crippen LogP contribution >= 0.6 is 0 Å². The Morgan fingerprint density at radius 1 is 1.26 bits per heavy atom. The van der Waals surface area contributed by atoms with E-state index in [9.17, 15) is 14.4 Å². The molecule has 7 nitrogen and oxygen atoms in total. The number of imide groups is 1. The van der Waals surface area contributed by atoms with Crippen LogP contribution < -0.4 is 14.8 Å². The van der Waals surface area contributed by atoms with Crippen molar-refractivity contribution in [1.82, 2.24) is 10.2 Å². The Balaban J connectivity index is 1.55. The fourth-order valence-corrected chi connectivity index (χ4v) is 3.01. The van der Waals surface area contributed by atoms with Gasteiger partial charge in [-0.05, 0) is 30.7 Å². The summed E-state index contributed by atoms with van der Waals surface area (Å²) < 4.78 is 10.5. The van der Waals surface area contributed by atoms with E-state index in [1.807, 2.05) is 0 Å². The van der Waals surface area contributed by atoms with Gasteiger partial charge in [-0.1, -0.05) is 0 Å². The zero-order valence-corrected chi connectivity index (χ0v) is 12.8. The predicted molar refractivity (Wildman–Crippen MR) is 79.9 cm³/mol. The Bertz CT molecular complexity index is 642. The molecule has 2 saturated heterocycles. The van der Waals surface area contributed by atoms with Crippen LogP contribution in [0.4, 0.5) is 0 Å². The Hall–Kier alpha value is -2.57. The second-order valence-corrected chi connectivity index (χ2v) is 5.86. The Morgan fingerprint density at radius 3 is 2.57 bits per heavy atom. The highest BCUT2D eigenvalue weighted by Crippen LogP contribution is 2.37. The lowest BCUT2D eigenvalue weighted by molar-refractivity contribution is -0.133. The van der Waals surface area contributed by atoms with Crippen LogP contribution in [-0.4, -0.2) is 49.4 Å². The molecule has 1 N–H and O–H groups in total. The molecule has 2 aliphatic heterocycles. The third kappa shape index (κ3) is 2.99. The fraction of sp³-hybridized carbons (Fsp3) is 0.438. The van der Waals surface area contributed by atoms with Gasteiger partial charge in [-0.25, -0.2) is 0 Å². The number of hydrogen-bond donors (Lipinski definition) is 1. The molecule has 7 heteroatoms. The van der Waals surface area contributed by atoms with Crippen LogP contribution in [0.15, 0.2) is 24.3 Å². The highest BCUT2D eigenvalue weighted by molar-refractivity contribution is 6.06. The summed E-state index contributed by atoms with van der Waals surface area (Å²) in [6.45, 7) is 0.638. The van der Waals surface area contributed by atoms with Crippen molar-refractivity contribution in [3.05, 3.63) is 24.3 Å². The number of carbonyl (C=O) groups is 3. The highest BCUT2D eigenvalue weighted by Gasteiger charge is 2.51. The Morgan fingerprint density at radius 2 is 1.96 bits per heavy atom. The number of hydrogen-bond acceptors (Lipinski definition) is 5. The summed E-state index contributed by atoms with van der Waals surface area (Å²) in [5.74, 6) is 0.557. The van der Waals surface area contributed by atoms with Gasteiger partial charge in [0, 0.05) is 19.5 Å². The quantitative estimate of drug-likeness (QED) is 0.809. The van der Waals surface area contributed by atoms with Crippen molar-refractivity contribution < 1.29 is 23.9 Å². The number of carbonyl (C=O) groups excluding carboxylic acids is 3. The summed E-state index contributed by atoms with van der Waals surface area (Å²) >= 11 is 0. The zero-order chi connectivity index (χ0) is 16.4. The smallest absolute Gasteiger partial charge is 0.260 e. The van der Waals surface area contributed by atoms with Gasteiger partial charge in [0.25, 0.3) is 5.91 Å². The molecule has 2 aliphatic rings. The van der Waals surface area contributed by atoms with Gasteiger partial charge >= 0.3 is 0 Å². The van der Waals surface area contributed by atoms with Gasteiger partial charge in [-0.2, -0.15) is 0 Å². The van der Waals surface area contributed by atoms with Crippen LogP contribution in [0.25, 0.3) is 0 Å². The molecule has 0 aliphatic carbocycles. The van der Waals surface area contributed by atoms with Crippen LogP contribution in [0.1, 0.15) is 12.8 Å². The minimum atomic E-state index is -0.743. The summed E-state index contributed by atoms with van der Waals surface area (Å²) in [6, 6.07) is 6.94. The normalized spacial score (nSPS) is 23.3. The maximum Gasteiger partial charge on any atom is 0.260 e. The fourth-order valence-electron chi connectivity index (χ4n) is 3.01. The van der Waals surface area contributed by atoms with E-state index in [1.165, 1.54) is 0 Å². The monoisotopic (exact) mass is 318 g/mol. The molecular weight excluding hydrogens is 300 g/mol. The third-order valence-electron chi connectivity index (χ3n) is 4.36. The van der Waals surface area contributed by atoms with Gasteiger partial charge in [0.2, 0.25) is 11.8 Å². The van der Waals surface area contributed by atoms with Gasteiger partial charge in [-0.15, -0.1) is 0 Å². The number of nitrogens with zero attached hydrogens (tertiary/aromatic N) is 1. The molecule has 0 saturated carbocycles. The maximum atomic E-state index is 12.2. The van der Waals surface area contributed by atoms with Crippen LogP contribution in [-0.2, 0) is 14.4 Å². The zero-order valence-electron chi connectivity index (χ0n) is 12.8. The lowest BCUT2D eigenvalue weighted by atomic mass is 9.85. The van der Waals surface area contributed by atoms with E-state index in [0.29, 0.717) is 24.5 Å². The second-order valence-electron chi connectivity index (χ2n) is 5.86. The van der Waals surface area contributed by atoms with Crippen LogP contribution in [0.5, 0.6) is 11.5 Å². The average molecular weight is 318 g/mol. The number of rotatable bonds is 4. The van der Waals surface area contributed by atoms with Gasteiger partial charge in [-0.3, -0.25) is 19.7 Å². The lowest BCUT2D eigenvalue weighted by Gasteiger charge is -2.20. The van der Waals surface area contributed by atoms with Crippen LogP contribution in [0.2, 0.25) is 0 Å². The first kappa shape index (κ1) is 15.3. The lowest BCUT2D eigenvalue weighted by Crippen LogP contribution is -2.38. The van der Waals surface area contributed by atoms with Crippen molar-refractivity contribution >= 4 is 17.7 Å². The van der Waals surface area contributed by atoms with E-state index >= 15 is 0 Å². The summed E-state index contributed by atoms with van der Waals surface area (Å²) in [4.78, 5) is 37.1. The molecule has 3 amide bonds. The first-order chi connectivity index (χ1) is 11.0. The number of amides is 3. The number of nitrogens with one attached hydrogen (secondary N) is 1. The van der Waals surface area contributed by atoms with Crippen molar-refractivity contribution in [2.24, 2.45) is 5.41 Å². The van der Waals surface area contributed by atoms with Crippen LogP contribution in [0.3, 0.4) is 0 Å². The maximum absolute atomic E-state index is 12.2. The van der Waals surface area contributed by atoms with Gasteiger partial charge in [0.1, 0.15) is 11.5 Å². The Kier molecular flexibility index (Phi) is 3.94. The van der Waals surface area contributed by atoms with Crippen molar-refractivity contribution in [2.75, 3.05) is 26.8 Å². The van der Waals surface area contributed by atoms with E-state index in [1.54, 1.807) is 36.3 Å². The number of methoxy groups -OCH3 is 1. The second kappa shape index (κ2) is 5.91. The molecule has 23 heavy (non-hydrogen) atoms. The summed E-state index contributed by atoms with van der Waals surface area (Å²) in [5, 5.41) is 2.32. The molecule has 0 bridgehead atoms. The van der Waals surface area contributed by atoms with E-state index in [-0.39, 0.29) is 37.3 Å². The van der Waals surface area contributed by atoms with Crippen molar-refractivity contribution in [3.63, 3.8) is 0 Å². The molecule has 1 spiro atoms. The van der Waals surface area contributed by atoms with E-state index in [4.69, 9.17) is 9.47 Å². The van der Waals surface area contributed by atoms with Gasteiger partial charge < -0.3 is 14.4 Å². The molecule has 1 aromatic carbocycles. The topological polar surface area (TPSA) is 84.9 Å². The minimum Gasteiger partial charge on any atom is -0.497 e. The number of ether oxygens (including phenoxy) is 2. The van der Waals surface area contributed by atoms with Crippen molar-refractivity contribution in [3.8, 4) is 11.5 Å². The van der Waals surface area contributed by atoms with E-state index in [0.717, 1.165) is 0 Å². The number of benzene rings is 1. The summed E-state index contributed by atoms with van der Waals surface area (Å²) in [6.07, 6.45) is 0.674. The molecule has 1 atom stereocenters. The Labute approximate surface area is 133 Å². The standard InChI is InChI=1S/C16H18N2O5/c1-22-11-2-4-12(5-3-11)23-9-14(20)18-7-6-16(10-18)8-13(19)17-15(16)21/h2-5H,6-10H2,1H3,(H,17,19,21)/t16-/m0/s1. The van der Waals surface area contributed by atoms with Crippen LogP contribution in [0, 0.1) is 5.41 Å². The van der Waals surface area contributed by atoms with E-state index < -0.39 is 5.41 Å². The molecular formula is C16H18N2O5. The minimum absolute atomic E-state index is 0.0992. The molecule has 3 rings (SSSR count). The average Bonchev–Trinajstić information content (AvgIpc) is 3.09. The largest absolute Gasteiger partial charge is 0.497 e. The molecule has 2 fully saturated rings. The summed E-state index contributed by atoms with van der Waals surface area (Å²) in [7, 11) is 1.58. The first-order valence-corrected chi connectivity index (χ1v) is 7.41. The van der Waals surface area contributed by atoms with Gasteiger partial charge in [0.05, 0.1) is 12.5 Å². The molecule has 0 aromatic heterocycles. The summed E-state index contributed by atoms with van der Waals surface area (Å²) in [5.41, 5.74) is -0.743. The highest BCUT2D eigenvalue weighted by atomic mass is 16.5. The third-order valence-corrected chi connectivity index (χ3v) is 4.36. The molecule has 0 radical (unpaired) electrons.